The lowest BCUT2D eigenvalue weighted by Gasteiger charge is -2.22. The zero-order valence-electron chi connectivity index (χ0n) is 9.32. The highest BCUT2D eigenvalue weighted by Gasteiger charge is 2.12. The van der Waals surface area contributed by atoms with Crippen molar-refractivity contribution in [3.8, 4) is 0 Å². The molecule has 15 heavy (non-hydrogen) atoms. The van der Waals surface area contributed by atoms with E-state index in [1.165, 1.54) is 32.1 Å². The quantitative estimate of drug-likeness (QED) is 0.536. The standard InChI is InChI=1S/C11H23NO3/c13-9-10(14)8-12-6-7-15-11-4-2-1-3-5-11/h10-14H,1-9H2/t10-/m0/s1. The van der Waals surface area contributed by atoms with Gasteiger partial charge in [-0.15, -0.1) is 0 Å². The van der Waals surface area contributed by atoms with Gasteiger partial charge in [-0.2, -0.15) is 0 Å². The Balaban J connectivity index is 1.87. The van der Waals surface area contributed by atoms with Gasteiger partial charge in [0.05, 0.1) is 25.4 Å². The normalized spacial score (nSPS) is 20.4. The van der Waals surface area contributed by atoms with Crippen molar-refractivity contribution in [1.29, 1.82) is 0 Å². The van der Waals surface area contributed by atoms with Gasteiger partial charge < -0.3 is 20.3 Å². The van der Waals surface area contributed by atoms with E-state index in [2.05, 4.69) is 5.32 Å². The molecule has 0 spiro atoms. The minimum Gasteiger partial charge on any atom is -0.394 e. The van der Waals surface area contributed by atoms with Crippen LogP contribution in [0.4, 0.5) is 0 Å². The highest BCUT2D eigenvalue weighted by atomic mass is 16.5. The van der Waals surface area contributed by atoms with Crippen LogP contribution in [0, 0.1) is 0 Å². The number of aliphatic hydroxyl groups excluding tert-OH is 2. The molecule has 0 amide bonds. The average Bonchev–Trinajstić information content (AvgIpc) is 2.29. The van der Waals surface area contributed by atoms with Gasteiger partial charge in [0.1, 0.15) is 0 Å². The lowest BCUT2D eigenvalue weighted by atomic mass is 9.98. The first-order valence-corrected chi connectivity index (χ1v) is 5.94. The second-order valence-electron chi connectivity index (χ2n) is 4.17. The molecule has 0 aromatic heterocycles. The molecule has 0 aromatic rings. The summed E-state index contributed by atoms with van der Waals surface area (Å²) in [7, 11) is 0. The monoisotopic (exact) mass is 217 g/mol. The molecule has 0 aromatic carbocycles. The fourth-order valence-corrected chi connectivity index (χ4v) is 1.86. The van der Waals surface area contributed by atoms with Crippen molar-refractivity contribution in [2.24, 2.45) is 0 Å². The molecule has 0 heterocycles. The number of hydrogen-bond donors (Lipinski definition) is 3. The first-order chi connectivity index (χ1) is 7.33. The topological polar surface area (TPSA) is 61.7 Å². The van der Waals surface area contributed by atoms with Crippen LogP contribution >= 0.6 is 0 Å². The van der Waals surface area contributed by atoms with Crippen molar-refractivity contribution in [2.75, 3.05) is 26.3 Å². The Morgan fingerprint density at radius 2 is 2.00 bits per heavy atom. The number of aliphatic hydroxyl groups is 2. The maximum Gasteiger partial charge on any atom is 0.0894 e. The van der Waals surface area contributed by atoms with Crippen LogP contribution in [0.5, 0.6) is 0 Å². The Morgan fingerprint density at radius 3 is 2.67 bits per heavy atom. The lowest BCUT2D eigenvalue weighted by Crippen LogP contribution is -2.32. The number of ether oxygens (including phenoxy) is 1. The van der Waals surface area contributed by atoms with Gasteiger partial charge >= 0.3 is 0 Å². The minimum absolute atomic E-state index is 0.184. The third-order valence-electron chi connectivity index (χ3n) is 2.78. The van der Waals surface area contributed by atoms with E-state index >= 15 is 0 Å². The molecular weight excluding hydrogens is 194 g/mol. The average molecular weight is 217 g/mol. The van der Waals surface area contributed by atoms with Crippen LogP contribution in [0.25, 0.3) is 0 Å². The summed E-state index contributed by atoms with van der Waals surface area (Å²) in [4.78, 5) is 0. The summed E-state index contributed by atoms with van der Waals surface area (Å²) < 4.78 is 5.69. The molecule has 1 aliphatic carbocycles. The third-order valence-corrected chi connectivity index (χ3v) is 2.78. The fraction of sp³-hybridized carbons (Fsp3) is 1.00. The van der Waals surface area contributed by atoms with E-state index in [0.29, 0.717) is 19.3 Å². The van der Waals surface area contributed by atoms with Gasteiger partial charge in [0.15, 0.2) is 0 Å². The van der Waals surface area contributed by atoms with Crippen LogP contribution in [0.3, 0.4) is 0 Å². The Labute approximate surface area is 91.6 Å². The maximum atomic E-state index is 9.05. The van der Waals surface area contributed by atoms with Crippen LogP contribution in [-0.4, -0.2) is 48.7 Å². The van der Waals surface area contributed by atoms with Gasteiger partial charge in [0.25, 0.3) is 0 Å². The van der Waals surface area contributed by atoms with E-state index in [-0.39, 0.29) is 6.61 Å². The Morgan fingerprint density at radius 1 is 1.27 bits per heavy atom. The van der Waals surface area contributed by atoms with Crippen molar-refractivity contribution in [1.82, 2.24) is 5.32 Å². The van der Waals surface area contributed by atoms with Gasteiger partial charge in [-0.1, -0.05) is 19.3 Å². The predicted octanol–water partition coefficient (Wildman–Crippen LogP) is 0.278. The summed E-state index contributed by atoms with van der Waals surface area (Å²) >= 11 is 0. The van der Waals surface area contributed by atoms with Gasteiger partial charge in [0, 0.05) is 13.1 Å². The highest BCUT2D eigenvalue weighted by Crippen LogP contribution is 2.19. The van der Waals surface area contributed by atoms with Crippen LogP contribution in [0.2, 0.25) is 0 Å². The fourth-order valence-electron chi connectivity index (χ4n) is 1.86. The Hall–Kier alpha value is -0.160. The van der Waals surface area contributed by atoms with E-state index in [0.717, 1.165) is 6.54 Å². The lowest BCUT2D eigenvalue weighted by molar-refractivity contribution is 0.0280. The predicted molar refractivity (Wildman–Crippen MR) is 58.8 cm³/mol. The minimum atomic E-state index is -0.653. The third kappa shape index (κ3) is 6.10. The highest BCUT2D eigenvalue weighted by molar-refractivity contribution is 4.65. The summed E-state index contributed by atoms with van der Waals surface area (Å²) in [6.07, 6.45) is 6.12. The Bertz CT molecular complexity index is 149. The van der Waals surface area contributed by atoms with Crippen LogP contribution in [0.1, 0.15) is 32.1 Å². The second-order valence-corrected chi connectivity index (χ2v) is 4.17. The summed E-state index contributed by atoms with van der Waals surface area (Å²) in [5.41, 5.74) is 0. The van der Waals surface area contributed by atoms with Gasteiger partial charge in [-0.3, -0.25) is 0 Å². The molecule has 1 atom stereocenters. The smallest absolute Gasteiger partial charge is 0.0894 e. The van der Waals surface area contributed by atoms with E-state index in [9.17, 15) is 0 Å². The SMILES string of the molecule is OC[C@@H](O)CNCCOC1CCCCC1. The first-order valence-electron chi connectivity index (χ1n) is 5.94. The molecule has 4 heteroatoms. The molecule has 0 aliphatic heterocycles. The van der Waals surface area contributed by atoms with Crippen molar-refractivity contribution in [2.45, 2.75) is 44.3 Å². The number of rotatable bonds is 7. The van der Waals surface area contributed by atoms with Gasteiger partial charge in [-0.05, 0) is 12.8 Å². The molecule has 1 fully saturated rings. The number of nitrogens with one attached hydrogen (secondary N) is 1. The van der Waals surface area contributed by atoms with E-state index < -0.39 is 6.10 Å². The summed E-state index contributed by atoms with van der Waals surface area (Å²) in [5, 5.41) is 20.7. The van der Waals surface area contributed by atoms with E-state index in [4.69, 9.17) is 14.9 Å². The molecule has 0 unspecified atom stereocenters. The maximum absolute atomic E-state index is 9.05. The Kier molecular flexibility index (Phi) is 6.92. The van der Waals surface area contributed by atoms with Crippen LogP contribution < -0.4 is 5.32 Å². The van der Waals surface area contributed by atoms with Crippen molar-refractivity contribution in [3.63, 3.8) is 0 Å². The van der Waals surface area contributed by atoms with Gasteiger partial charge in [0.2, 0.25) is 0 Å². The van der Waals surface area contributed by atoms with E-state index in [1.807, 2.05) is 0 Å². The summed E-state index contributed by atoms with van der Waals surface area (Å²) in [6, 6.07) is 0. The molecular formula is C11H23NO3. The van der Waals surface area contributed by atoms with E-state index in [1.54, 1.807) is 0 Å². The summed E-state index contributed by atoms with van der Waals surface area (Å²) in [6.45, 7) is 1.69. The molecule has 0 radical (unpaired) electrons. The number of hydrogen-bond acceptors (Lipinski definition) is 4. The molecule has 0 bridgehead atoms. The first kappa shape index (κ1) is 12.9. The molecule has 4 nitrogen and oxygen atoms in total. The van der Waals surface area contributed by atoms with Crippen LogP contribution in [0.15, 0.2) is 0 Å². The second kappa shape index (κ2) is 8.05. The zero-order valence-corrected chi connectivity index (χ0v) is 9.32. The zero-order chi connectivity index (χ0) is 10.9. The molecule has 1 saturated carbocycles. The van der Waals surface area contributed by atoms with Crippen molar-refractivity contribution in [3.05, 3.63) is 0 Å². The van der Waals surface area contributed by atoms with Crippen molar-refractivity contribution >= 4 is 0 Å². The largest absolute Gasteiger partial charge is 0.394 e. The molecule has 3 N–H and O–H groups in total. The molecule has 1 aliphatic rings. The van der Waals surface area contributed by atoms with Crippen molar-refractivity contribution < 1.29 is 14.9 Å². The van der Waals surface area contributed by atoms with Crippen LogP contribution in [-0.2, 0) is 4.74 Å². The van der Waals surface area contributed by atoms with Gasteiger partial charge in [-0.25, -0.2) is 0 Å². The molecule has 90 valence electrons. The summed E-state index contributed by atoms with van der Waals surface area (Å²) in [5.74, 6) is 0. The molecule has 1 rings (SSSR count). The molecule has 0 saturated heterocycles.